The van der Waals surface area contributed by atoms with Crippen LogP contribution in [-0.2, 0) is 4.74 Å². The molecule has 0 fully saturated rings. The van der Waals surface area contributed by atoms with Gasteiger partial charge in [0.25, 0.3) is 0 Å². The summed E-state index contributed by atoms with van der Waals surface area (Å²) >= 11 is 1.63. The van der Waals surface area contributed by atoms with Crippen LogP contribution in [0.5, 0.6) is 0 Å². The van der Waals surface area contributed by atoms with Crippen LogP contribution in [0.15, 0.2) is 58.3 Å². The molecule has 0 aromatic heterocycles. The maximum atomic E-state index is 11.8. The first-order chi connectivity index (χ1) is 9.92. The Morgan fingerprint density at radius 2 is 1.86 bits per heavy atom. The maximum Gasteiger partial charge on any atom is 0.412 e. The number of carbonyl (C=O) groups excluding carboxylic acids is 1. The Balaban J connectivity index is 2.03. The van der Waals surface area contributed by atoms with Gasteiger partial charge in [-0.3, -0.25) is 5.32 Å². The van der Waals surface area contributed by atoms with Crippen molar-refractivity contribution in [2.24, 2.45) is 0 Å². The van der Waals surface area contributed by atoms with E-state index in [1.807, 2.05) is 69.3 Å². The molecule has 21 heavy (non-hydrogen) atoms. The van der Waals surface area contributed by atoms with E-state index < -0.39 is 11.7 Å². The van der Waals surface area contributed by atoms with Crippen molar-refractivity contribution >= 4 is 23.5 Å². The number of nitrogens with one attached hydrogen (secondary N) is 1. The lowest BCUT2D eigenvalue weighted by Gasteiger charge is -2.19. The molecule has 0 saturated heterocycles. The zero-order valence-electron chi connectivity index (χ0n) is 12.3. The summed E-state index contributed by atoms with van der Waals surface area (Å²) in [6.07, 6.45) is -0.445. The fourth-order valence-corrected chi connectivity index (χ4v) is 2.51. The van der Waals surface area contributed by atoms with E-state index in [2.05, 4.69) is 11.4 Å². The number of rotatable bonds is 3. The lowest BCUT2D eigenvalue weighted by Crippen LogP contribution is -2.27. The Kier molecular flexibility index (Phi) is 4.91. The van der Waals surface area contributed by atoms with Gasteiger partial charge in [0.2, 0.25) is 0 Å². The Morgan fingerprint density at radius 1 is 1.14 bits per heavy atom. The number of ether oxygens (including phenoxy) is 1. The number of benzene rings is 2. The minimum atomic E-state index is -0.503. The number of carbonyl (C=O) groups is 1. The van der Waals surface area contributed by atoms with Crippen molar-refractivity contribution in [1.29, 1.82) is 0 Å². The minimum absolute atomic E-state index is 0.445. The van der Waals surface area contributed by atoms with Crippen LogP contribution in [0.2, 0.25) is 0 Å². The highest BCUT2D eigenvalue weighted by atomic mass is 32.2. The highest BCUT2D eigenvalue weighted by molar-refractivity contribution is 7.99. The first-order valence-corrected chi connectivity index (χ1v) is 7.48. The minimum Gasteiger partial charge on any atom is -0.444 e. The highest BCUT2D eigenvalue weighted by Crippen LogP contribution is 2.29. The normalized spacial score (nSPS) is 11.0. The van der Waals surface area contributed by atoms with Crippen LogP contribution >= 0.6 is 11.8 Å². The molecule has 0 spiro atoms. The molecule has 0 heterocycles. The second kappa shape index (κ2) is 6.68. The van der Waals surface area contributed by atoms with Crippen molar-refractivity contribution in [3.05, 3.63) is 54.6 Å². The molecule has 2 aromatic rings. The number of anilines is 1. The Bertz CT molecular complexity index is 606. The first-order valence-electron chi connectivity index (χ1n) is 6.66. The monoisotopic (exact) mass is 300 g/mol. The van der Waals surface area contributed by atoms with Gasteiger partial charge < -0.3 is 4.74 Å². The van der Waals surface area contributed by atoms with E-state index in [9.17, 15) is 4.79 Å². The summed E-state index contributed by atoms with van der Waals surface area (Å²) in [5.41, 5.74) is 0.216. The van der Waals surface area contributed by atoms with Crippen molar-refractivity contribution in [2.75, 3.05) is 5.32 Å². The predicted molar refractivity (Wildman–Crippen MR) is 85.7 cm³/mol. The zero-order valence-corrected chi connectivity index (χ0v) is 13.2. The van der Waals surface area contributed by atoms with Gasteiger partial charge in [-0.25, -0.2) is 4.79 Å². The average molecular weight is 300 g/mol. The van der Waals surface area contributed by atoms with E-state index in [1.165, 1.54) is 0 Å². The third kappa shape index (κ3) is 5.52. The molecule has 2 aromatic carbocycles. The second-order valence-corrected chi connectivity index (χ2v) is 6.64. The van der Waals surface area contributed by atoms with E-state index in [1.54, 1.807) is 11.8 Å². The van der Waals surface area contributed by atoms with Crippen molar-refractivity contribution in [3.8, 4) is 0 Å². The molecule has 2 rings (SSSR count). The summed E-state index contributed by atoms with van der Waals surface area (Å²) in [5, 5.41) is 2.74. The molecule has 0 aliphatic rings. The van der Waals surface area contributed by atoms with Gasteiger partial charge in [0, 0.05) is 15.5 Å². The van der Waals surface area contributed by atoms with E-state index in [0.29, 0.717) is 0 Å². The van der Waals surface area contributed by atoms with Crippen LogP contribution in [0, 0.1) is 6.07 Å². The first kappa shape index (κ1) is 15.4. The van der Waals surface area contributed by atoms with Gasteiger partial charge in [-0.05, 0) is 57.2 Å². The Labute approximate surface area is 129 Å². The summed E-state index contributed by atoms with van der Waals surface area (Å²) < 4.78 is 5.24. The Morgan fingerprint density at radius 3 is 2.52 bits per heavy atom. The number of amides is 1. The molecule has 109 valence electrons. The van der Waals surface area contributed by atoms with Crippen molar-refractivity contribution < 1.29 is 9.53 Å². The largest absolute Gasteiger partial charge is 0.444 e. The summed E-state index contributed by atoms with van der Waals surface area (Å²) in [6, 6.07) is 18.4. The standard InChI is InChI=1S/C17H18NO2S/c1-17(2,3)20-16(19)18-13-8-7-11-15(12-13)21-14-9-5-4-6-10-14/h5-12H,1-3H3,(H,18,19). The van der Waals surface area contributed by atoms with Crippen LogP contribution in [0.4, 0.5) is 10.5 Å². The summed E-state index contributed by atoms with van der Waals surface area (Å²) in [4.78, 5) is 13.9. The molecule has 0 aliphatic carbocycles. The van der Waals surface area contributed by atoms with Gasteiger partial charge in [0.1, 0.15) is 5.60 Å². The van der Waals surface area contributed by atoms with E-state index in [4.69, 9.17) is 4.74 Å². The van der Waals surface area contributed by atoms with Gasteiger partial charge in [-0.15, -0.1) is 0 Å². The van der Waals surface area contributed by atoms with Crippen LogP contribution < -0.4 is 5.32 Å². The van der Waals surface area contributed by atoms with Gasteiger partial charge >= 0.3 is 6.09 Å². The molecule has 1 radical (unpaired) electrons. The third-order valence-electron chi connectivity index (χ3n) is 2.40. The van der Waals surface area contributed by atoms with E-state index in [0.717, 1.165) is 15.5 Å². The molecule has 4 heteroatoms. The number of hydrogen-bond acceptors (Lipinski definition) is 3. The molecule has 0 unspecified atom stereocenters. The Hall–Kier alpha value is -1.94. The molecule has 0 aliphatic heterocycles. The highest BCUT2D eigenvalue weighted by Gasteiger charge is 2.16. The summed E-state index contributed by atoms with van der Waals surface area (Å²) in [5.74, 6) is 0. The molecular weight excluding hydrogens is 282 g/mol. The second-order valence-electron chi connectivity index (χ2n) is 5.49. The summed E-state index contributed by atoms with van der Waals surface area (Å²) in [7, 11) is 0. The topological polar surface area (TPSA) is 38.3 Å². The van der Waals surface area contributed by atoms with Crippen molar-refractivity contribution in [3.63, 3.8) is 0 Å². The average Bonchev–Trinajstić information content (AvgIpc) is 2.38. The van der Waals surface area contributed by atoms with Crippen molar-refractivity contribution in [2.45, 2.75) is 36.2 Å². The molecular formula is C17H18NO2S. The molecule has 1 N–H and O–H groups in total. The van der Waals surface area contributed by atoms with Gasteiger partial charge in [0.15, 0.2) is 0 Å². The van der Waals surface area contributed by atoms with Crippen molar-refractivity contribution in [1.82, 2.24) is 0 Å². The molecule has 0 atom stereocenters. The lowest BCUT2D eigenvalue weighted by molar-refractivity contribution is 0.0636. The molecule has 3 nitrogen and oxygen atoms in total. The van der Waals surface area contributed by atoms with Gasteiger partial charge in [-0.2, -0.15) is 0 Å². The van der Waals surface area contributed by atoms with Crippen LogP contribution in [0.1, 0.15) is 20.8 Å². The SMILES string of the molecule is CC(C)(C)OC(=O)Nc1cccc(Sc2cc[c]cc2)c1. The molecule has 0 bridgehead atoms. The zero-order chi connectivity index (χ0) is 15.3. The smallest absolute Gasteiger partial charge is 0.412 e. The van der Waals surface area contributed by atoms with Crippen LogP contribution in [-0.4, -0.2) is 11.7 Å². The lowest BCUT2D eigenvalue weighted by atomic mass is 10.2. The third-order valence-corrected chi connectivity index (χ3v) is 3.40. The maximum absolute atomic E-state index is 11.8. The number of hydrogen-bond donors (Lipinski definition) is 1. The molecule has 0 saturated carbocycles. The predicted octanol–water partition coefficient (Wildman–Crippen LogP) is 4.98. The fraction of sp³-hybridized carbons (Fsp3) is 0.235. The molecule has 1 amide bonds. The van der Waals surface area contributed by atoms with Gasteiger partial charge in [-0.1, -0.05) is 30.0 Å². The van der Waals surface area contributed by atoms with E-state index >= 15 is 0 Å². The van der Waals surface area contributed by atoms with Crippen LogP contribution in [0.3, 0.4) is 0 Å². The van der Waals surface area contributed by atoms with E-state index in [-0.39, 0.29) is 0 Å². The van der Waals surface area contributed by atoms with Gasteiger partial charge in [0.05, 0.1) is 0 Å². The van der Waals surface area contributed by atoms with Crippen LogP contribution in [0.25, 0.3) is 0 Å². The quantitative estimate of drug-likeness (QED) is 0.868. The summed E-state index contributed by atoms with van der Waals surface area (Å²) in [6.45, 7) is 5.52. The fourth-order valence-electron chi connectivity index (χ4n) is 1.63.